The van der Waals surface area contributed by atoms with E-state index in [0.717, 1.165) is 53.3 Å². The Bertz CT molecular complexity index is 1180. The number of hydrogen-bond acceptors (Lipinski definition) is 5. The van der Waals surface area contributed by atoms with E-state index in [4.69, 9.17) is 18.9 Å². The van der Waals surface area contributed by atoms with Gasteiger partial charge in [-0.1, -0.05) is 6.42 Å². The molecule has 0 bridgehead atoms. The lowest BCUT2D eigenvalue weighted by Gasteiger charge is -2.26. The summed E-state index contributed by atoms with van der Waals surface area (Å²) in [6, 6.07) is 10.6. The van der Waals surface area contributed by atoms with E-state index in [1.165, 1.54) is 49.2 Å². The van der Waals surface area contributed by atoms with E-state index < -0.39 is 0 Å². The molecule has 4 heterocycles. The van der Waals surface area contributed by atoms with Crippen LogP contribution >= 0.6 is 0 Å². The van der Waals surface area contributed by atoms with Gasteiger partial charge in [0.25, 0.3) is 0 Å². The minimum absolute atomic E-state index is 0. The molecule has 1 saturated heterocycles. The number of piperidine rings is 1. The lowest BCUT2D eigenvalue weighted by atomic mass is 9.95. The molecule has 1 aromatic heterocycles. The highest BCUT2D eigenvalue weighted by atomic mass is 35.5. The first-order valence-electron chi connectivity index (χ1n) is 11.6. The van der Waals surface area contributed by atoms with Gasteiger partial charge in [-0.25, -0.2) is 0 Å². The third-order valence-electron chi connectivity index (χ3n) is 6.90. The van der Waals surface area contributed by atoms with E-state index in [-0.39, 0.29) is 12.4 Å². The van der Waals surface area contributed by atoms with Crippen molar-refractivity contribution in [2.24, 2.45) is 0 Å². The molecular formula is C26H29ClN2O4. The summed E-state index contributed by atoms with van der Waals surface area (Å²) in [5, 5.41) is 2.24. The Morgan fingerprint density at radius 3 is 2.67 bits per heavy atom. The number of halogens is 1. The Balaban J connectivity index is 0.00000228. The van der Waals surface area contributed by atoms with Crippen molar-refractivity contribution in [1.82, 2.24) is 4.90 Å². The van der Waals surface area contributed by atoms with Gasteiger partial charge in [0.2, 0.25) is 12.5 Å². The largest absolute Gasteiger partial charge is 1.00 e. The van der Waals surface area contributed by atoms with Crippen LogP contribution in [0.1, 0.15) is 24.8 Å². The summed E-state index contributed by atoms with van der Waals surface area (Å²) in [4.78, 5) is 2.50. The van der Waals surface area contributed by atoms with Crippen LogP contribution in [0.2, 0.25) is 0 Å². The van der Waals surface area contributed by atoms with Crippen molar-refractivity contribution in [3.8, 4) is 34.3 Å². The number of benzene rings is 2. The molecule has 6 nitrogen and oxygen atoms in total. The van der Waals surface area contributed by atoms with Crippen LogP contribution in [0, 0.1) is 0 Å². The molecule has 6 rings (SSSR count). The number of rotatable bonds is 5. The van der Waals surface area contributed by atoms with Crippen LogP contribution in [0.15, 0.2) is 36.5 Å². The standard InChI is InChI=1S/C26H29N2O4.ClH/c1-29-23-6-5-18-13-22-20-15-25-24(31-17-32-25)14-19(20)7-10-28(22)16-21(18)26(23)30-12-11-27-8-3-2-4-9-27;/h5-6,13-16H,2-4,7-12,17H2,1H3;1H/q+1;/p-1. The minimum atomic E-state index is 0. The van der Waals surface area contributed by atoms with E-state index in [9.17, 15) is 0 Å². The van der Waals surface area contributed by atoms with Gasteiger partial charge < -0.3 is 31.4 Å². The summed E-state index contributed by atoms with van der Waals surface area (Å²) >= 11 is 0. The number of fused-ring (bicyclic) bond motifs is 5. The molecule has 33 heavy (non-hydrogen) atoms. The van der Waals surface area contributed by atoms with Gasteiger partial charge in [0.1, 0.15) is 6.61 Å². The van der Waals surface area contributed by atoms with E-state index in [2.05, 4.69) is 39.9 Å². The molecule has 3 aliphatic heterocycles. The molecule has 0 amide bonds. The van der Waals surface area contributed by atoms with Crippen molar-refractivity contribution >= 4 is 10.8 Å². The molecule has 1 fully saturated rings. The first kappa shape index (κ1) is 22.1. The molecule has 2 aromatic carbocycles. The summed E-state index contributed by atoms with van der Waals surface area (Å²) in [7, 11) is 1.71. The minimum Gasteiger partial charge on any atom is -1.00 e. The van der Waals surface area contributed by atoms with Gasteiger partial charge in [-0.15, -0.1) is 0 Å². The Labute approximate surface area is 200 Å². The Morgan fingerprint density at radius 1 is 1.03 bits per heavy atom. The maximum atomic E-state index is 6.35. The first-order valence-corrected chi connectivity index (χ1v) is 11.6. The zero-order valence-electron chi connectivity index (χ0n) is 18.9. The second kappa shape index (κ2) is 9.27. The number of hydrogen-bond donors (Lipinski definition) is 0. The topological polar surface area (TPSA) is 44.0 Å². The second-order valence-electron chi connectivity index (χ2n) is 8.82. The molecule has 0 radical (unpaired) electrons. The highest BCUT2D eigenvalue weighted by molar-refractivity contribution is 5.91. The summed E-state index contributed by atoms with van der Waals surface area (Å²) in [6.07, 6.45) is 7.12. The average Bonchev–Trinajstić information content (AvgIpc) is 3.30. The average molecular weight is 469 g/mol. The summed E-state index contributed by atoms with van der Waals surface area (Å²) < 4.78 is 25.6. The molecule has 0 N–H and O–H groups in total. The van der Waals surface area contributed by atoms with Crippen LogP contribution in [-0.2, 0) is 13.0 Å². The summed E-state index contributed by atoms with van der Waals surface area (Å²) in [5.74, 6) is 3.31. The lowest BCUT2D eigenvalue weighted by molar-refractivity contribution is -0.686. The van der Waals surface area contributed by atoms with Crippen molar-refractivity contribution < 1.29 is 35.9 Å². The molecule has 174 valence electrons. The maximum Gasteiger partial charge on any atom is 0.231 e. The zero-order chi connectivity index (χ0) is 21.5. The number of likely N-dealkylation sites (tertiary alicyclic amines) is 1. The quantitative estimate of drug-likeness (QED) is 0.522. The first-order chi connectivity index (χ1) is 15.8. The molecule has 3 aliphatic rings. The van der Waals surface area contributed by atoms with Crippen LogP contribution in [0.3, 0.4) is 0 Å². The van der Waals surface area contributed by atoms with Gasteiger partial charge in [-0.05, 0) is 61.1 Å². The van der Waals surface area contributed by atoms with Crippen molar-refractivity contribution in [2.75, 3.05) is 40.1 Å². The van der Waals surface area contributed by atoms with E-state index in [0.29, 0.717) is 13.4 Å². The third kappa shape index (κ3) is 4.06. The Hall–Kier alpha value is -2.70. The Kier molecular flexibility index (Phi) is 6.21. The molecule has 0 atom stereocenters. The van der Waals surface area contributed by atoms with E-state index >= 15 is 0 Å². The number of pyridine rings is 1. The highest BCUT2D eigenvalue weighted by Crippen LogP contribution is 2.41. The molecule has 0 saturated carbocycles. The predicted molar refractivity (Wildman–Crippen MR) is 122 cm³/mol. The smallest absolute Gasteiger partial charge is 0.231 e. The van der Waals surface area contributed by atoms with Crippen LogP contribution in [-0.4, -0.2) is 45.0 Å². The van der Waals surface area contributed by atoms with Crippen molar-refractivity contribution in [3.05, 3.63) is 42.1 Å². The lowest BCUT2D eigenvalue weighted by Crippen LogP contribution is -3.00. The summed E-state index contributed by atoms with van der Waals surface area (Å²) in [6.45, 7) is 5.20. The molecule has 0 aliphatic carbocycles. The van der Waals surface area contributed by atoms with Crippen LogP contribution in [0.5, 0.6) is 23.0 Å². The fraction of sp³-hybridized carbons (Fsp3) is 0.423. The van der Waals surface area contributed by atoms with Gasteiger partial charge >= 0.3 is 0 Å². The van der Waals surface area contributed by atoms with Crippen LogP contribution in [0.25, 0.3) is 22.0 Å². The van der Waals surface area contributed by atoms with Crippen molar-refractivity contribution in [2.45, 2.75) is 32.2 Å². The van der Waals surface area contributed by atoms with Crippen molar-refractivity contribution in [3.63, 3.8) is 0 Å². The van der Waals surface area contributed by atoms with Crippen LogP contribution < -0.4 is 35.9 Å². The molecule has 3 aromatic rings. The zero-order valence-corrected chi connectivity index (χ0v) is 19.7. The van der Waals surface area contributed by atoms with Crippen molar-refractivity contribution in [1.29, 1.82) is 0 Å². The summed E-state index contributed by atoms with van der Waals surface area (Å²) in [5.41, 5.74) is 3.72. The fourth-order valence-corrected chi connectivity index (χ4v) is 5.17. The van der Waals surface area contributed by atoms with Gasteiger partial charge in [-0.3, -0.25) is 4.90 Å². The molecular weight excluding hydrogens is 440 g/mol. The molecule has 7 heteroatoms. The number of aromatic nitrogens is 1. The predicted octanol–water partition coefficient (Wildman–Crippen LogP) is 0.956. The molecule has 0 unspecified atom stereocenters. The van der Waals surface area contributed by atoms with Gasteiger partial charge in [0, 0.05) is 19.0 Å². The fourth-order valence-electron chi connectivity index (χ4n) is 5.17. The normalized spacial score (nSPS) is 16.6. The number of ether oxygens (including phenoxy) is 4. The monoisotopic (exact) mass is 468 g/mol. The van der Waals surface area contributed by atoms with E-state index in [1.807, 2.05) is 6.07 Å². The maximum absolute atomic E-state index is 6.35. The van der Waals surface area contributed by atoms with Crippen LogP contribution in [0.4, 0.5) is 0 Å². The Morgan fingerprint density at radius 2 is 1.85 bits per heavy atom. The van der Waals surface area contributed by atoms with Gasteiger partial charge in [0.15, 0.2) is 35.7 Å². The SMILES string of the molecule is COc1ccc2cc3[n+](cc2c1OCCN1CCCCC1)CCc1cc2c(cc1-3)OCO2.[Cl-]. The number of aryl methyl sites for hydroxylation is 2. The van der Waals surface area contributed by atoms with E-state index in [1.54, 1.807) is 7.11 Å². The van der Waals surface area contributed by atoms with Gasteiger partial charge in [0.05, 0.1) is 18.1 Å². The molecule has 0 spiro atoms. The third-order valence-corrected chi connectivity index (χ3v) is 6.90. The number of methoxy groups -OCH3 is 1. The number of nitrogens with zero attached hydrogens (tertiary/aromatic N) is 2. The second-order valence-corrected chi connectivity index (χ2v) is 8.82. The van der Waals surface area contributed by atoms with Gasteiger partial charge in [-0.2, -0.15) is 4.57 Å². The highest BCUT2D eigenvalue weighted by Gasteiger charge is 2.28.